The van der Waals surface area contributed by atoms with Crippen LogP contribution >= 0.6 is 24.0 Å². The third kappa shape index (κ3) is 6.69. The van der Waals surface area contributed by atoms with Crippen molar-refractivity contribution < 1.29 is 5.11 Å². The highest BCUT2D eigenvalue weighted by atomic mass is 127. The van der Waals surface area contributed by atoms with Crippen molar-refractivity contribution in [3.8, 4) is 0 Å². The van der Waals surface area contributed by atoms with Crippen molar-refractivity contribution in [2.24, 2.45) is 4.99 Å². The van der Waals surface area contributed by atoms with E-state index >= 15 is 0 Å². The molecule has 2 fully saturated rings. The van der Waals surface area contributed by atoms with Gasteiger partial charge < -0.3 is 20.6 Å². The van der Waals surface area contributed by atoms with Crippen LogP contribution in [-0.4, -0.2) is 60.8 Å². The number of likely N-dealkylation sites (tertiary alicyclic amines) is 1. The summed E-state index contributed by atoms with van der Waals surface area (Å²) < 4.78 is 0. The molecule has 0 spiro atoms. The van der Waals surface area contributed by atoms with E-state index in [-0.39, 0.29) is 24.0 Å². The van der Waals surface area contributed by atoms with Gasteiger partial charge in [-0.2, -0.15) is 0 Å². The molecule has 1 aliphatic carbocycles. The SMILES string of the molecule is CCNC(=NCC1(O)CCC1)NCCN1CCCCC1.I. The first-order chi connectivity index (χ1) is 9.72. The summed E-state index contributed by atoms with van der Waals surface area (Å²) in [7, 11) is 0. The van der Waals surface area contributed by atoms with Crippen LogP contribution in [-0.2, 0) is 0 Å². The van der Waals surface area contributed by atoms with Crippen molar-refractivity contribution in [2.75, 3.05) is 39.3 Å². The number of aliphatic hydroxyl groups is 1. The Kier molecular flexibility index (Phi) is 8.89. The number of halogens is 1. The number of guanidine groups is 1. The van der Waals surface area contributed by atoms with Gasteiger partial charge in [-0.3, -0.25) is 4.99 Å². The van der Waals surface area contributed by atoms with E-state index in [1.807, 2.05) is 0 Å². The summed E-state index contributed by atoms with van der Waals surface area (Å²) in [4.78, 5) is 7.03. The van der Waals surface area contributed by atoms with E-state index < -0.39 is 5.60 Å². The minimum atomic E-state index is -0.533. The van der Waals surface area contributed by atoms with Crippen LogP contribution in [0.3, 0.4) is 0 Å². The summed E-state index contributed by atoms with van der Waals surface area (Å²) in [6.07, 6.45) is 6.97. The molecule has 6 heteroatoms. The average Bonchev–Trinajstić information content (AvgIpc) is 2.44. The van der Waals surface area contributed by atoms with Crippen molar-refractivity contribution in [3.63, 3.8) is 0 Å². The van der Waals surface area contributed by atoms with E-state index in [0.29, 0.717) is 6.54 Å². The minimum absolute atomic E-state index is 0. The Balaban J connectivity index is 0.00000220. The minimum Gasteiger partial charge on any atom is -0.388 e. The van der Waals surface area contributed by atoms with Crippen LogP contribution in [0.4, 0.5) is 0 Å². The van der Waals surface area contributed by atoms with Crippen LogP contribution in [0.2, 0.25) is 0 Å². The molecule has 0 bridgehead atoms. The summed E-state index contributed by atoms with van der Waals surface area (Å²) in [5.74, 6) is 0.838. The molecule has 1 heterocycles. The van der Waals surface area contributed by atoms with Gasteiger partial charge in [-0.05, 0) is 52.1 Å². The monoisotopic (exact) mass is 410 g/mol. The summed E-state index contributed by atoms with van der Waals surface area (Å²) in [6, 6.07) is 0. The highest BCUT2D eigenvalue weighted by molar-refractivity contribution is 14.0. The lowest BCUT2D eigenvalue weighted by Gasteiger charge is -2.35. The van der Waals surface area contributed by atoms with Gasteiger partial charge in [0.25, 0.3) is 0 Å². The van der Waals surface area contributed by atoms with E-state index in [0.717, 1.165) is 44.9 Å². The number of aliphatic imine (C=N–C) groups is 1. The highest BCUT2D eigenvalue weighted by Crippen LogP contribution is 2.31. The first kappa shape index (κ1) is 19.0. The number of hydrogen-bond donors (Lipinski definition) is 3. The molecular formula is C15H31IN4O. The first-order valence-corrected chi connectivity index (χ1v) is 8.19. The van der Waals surface area contributed by atoms with E-state index in [2.05, 4.69) is 27.4 Å². The molecule has 5 nitrogen and oxygen atoms in total. The van der Waals surface area contributed by atoms with Crippen LogP contribution in [0.1, 0.15) is 45.4 Å². The van der Waals surface area contributed by atoms with Gasteiger partial charge in [0.1, 0.15) is 0 Å². The molecule has 1 aliphatic heterocycles. The third-order valence-corrected chi connectivity index (χ3v) is 4.33. The molecule has 21 heavy (non-hydrogen) atoms. The molecule has 0 aromatic rings. The Morgan fingerprint density at radius 1 is 1.14 bits per heavy atom. The van der Waals surface area contributed by atoms with Crippen molar-refractivity contribution in [1.29, 1.82) is 0 Å². The van der Waals surface area contributed by atoms with Gasteiger partial charge in [0, 0.05) is 19.6 Å². The fourth-order valence-electron chi connectivity index (χ4n) is 2.83. The topological polar surface area (TPSA) is 59.9 Å². The molecule has 2 rings (SSSR count). The van der Waals surface area contributed by atoms with Gasteiger partial charge in [0.2, 0.25) is 0 Å². The Hall–Kier alpha value is -0.0800. The molecule has 3 N–H and O–H groups in total. The van der Waals surface area contributed by atoms with Crippen LogP contribution in [0, 0.1) is 0 Å². The molecular weight excluding hydrogens is 379 g/mol. The van der Waals surface area contributed by atoms with Crippen LogP contribution in [0.15, 0.2) is 4.99 Å². The summed E-state index contributed by atoms with van der Waals surface area (Å²) in [5.41, 5.74) is -0.533. The van der Waals surface area contributed by atoms with E-state index in [9.17, 15) is 5.11 Å². The lowest BCUT2D eigenvalue weighted by molar-refractivity contribution is -0.0236. The number of piperidine rings is 1. The van der Waals surface area contributed by atoms with Crippen molar-refractivity contribution in [1.82, 2.24) is 15.5 Å². The Morgan fingerprint density at radius 2 is 1.86 bits per heavy atom. The van der Waals surface area contributed by atoms with E-state index in [1.165, 1.54) is 32.4 Å². The zero-order chi connectivity index (χ0) is 14.3. The third-order valence-electron chi connectivity index (χ3n) is 4.33. The molecule has 0 atom stereocenters. The number of hydrogen-bond acceptors (Lipinski definition) is 3. The summed E-state index contributed by atoms with van der Waals surface area (Å²) in [5, 5.41) is 16.7. The fraction of sp³-hybridized carbons (Fsp3) is 0.933. The van der Waals surface area contributed by atoms with Crippen LogP contribution in [0.25, 0.3) is 0 Å². The zero-order valence-electron chi connectivity index (χ0n) is 13.2. The van der Waals surface area contributed by atoms with Gasteiger partial charge >= 0.3 is 0 Å². The molecule has 124 valence electrons. The molecule has 0 aromatic carbocycles. The smallest absolute Gasteiger partial charge is 0.191 e. The predicted octanol–water partition coefficient (Wildman–Crippen LogP) is 1.56. The quantitative estimate of drug-likeness (QED) is 0.354. The van der Waals surface area contributed by atoms with Crippen molar-refractivity contribution in [2.45, 2.75) is 51.0 Å². The molecule has 1 saturated heterocycles. The lowest BCUT2D eigenvalue weighted by Crippen LogP contribution is -2.45. The maximum Gasteiger partial charge on any atom is 0.191 e. The van der Waals surface area contributed by atoms with Gasteiger partial charge in [-0.15, -0.1) is 24.0 Å². The van der Waals surface area contributed by atoms with Crippen LogP contribution < -0.4 is 10.6 Å². The Labute approximate surface area is 146 Å². The van der Waals surface area contributed by atoms with E-state index in [1.54, 1.807) is 0 Å². The fourth-order valence-corrected chi connectivity index (χ4v) is 2.83. The van der Waals surface area contributed by atoms with Crippen molar-refractivity contribution in [3.05, 3.63) is 0 Å². The summed E-state index contributed by atoms with van der Waals surface area (Å²) >= 11 is 0. The Bertz CT molecular complexity index is 315. The molecule has 2 aliphatic rings. The second kappa shape index (κ2) is 9.84. The predicted molar refractivity (Wildman–Crippen MR) is 98.5 cm³/mol. The van der Waals surface area contributed by atoms with Gasteiger partial charge in [-0.1, -0.05) is 6.42 Å². The van der Waals surface area contributed by atoms with Crippen LogP contribution in [0.5, 0.6) is 0 Å². The highest BCUT2D eigenvalue weighted by Gasteiger charge is 2.34. The van der Waals surface area contributed by atoms with Gasteiger partial charge in [-0.25, -0.2) is 0 Å². The second-order valence-corrected chi connectivity index (χ2v) is 6.10. The van der Waals surface area contributed by atoms with Gasteiger partial charge in [0.05, 0.1) is 12.1 Å². The summed E-state index contributed by atoms with van der Waals surface area (Å²) in [6.45, 7) is 7.91. The van der Waals surface area contributed by atoms with E-state index in [4.69, 9.17) is 0 Å². The molecule has 0 aromatic heterocycles. The number of nitrogens with one attached hydrogen (secondary N) is 2. The standard InChI is InChI=1S/C15H30N4O.HI/c1-2-16-14(18-13-15(20)7-6-8-15)17-9-12-19-10-4-3-5-11-19;/h20H,2-13H2,1H3,(H2,16,17,18);1H. The second-order valence-electron chi connectivity index (χ2n) is 6.10. The maximum absolute atomic E-state index is 10.1. The largest absolute Gasteiger partial charge is 0.388 e. The molecule has 1 saturated carbocycles. The molecule has 0 radical (unpaired) electrons. The number of rotatable bonds is 6. The number of nitrogens with zero attached hydrogens (tertiary/aromatic N) is 2. The van der Waals surface area contributed by atoms with Crippen molar-refractivity contribution >= 4 is 29.9 Å². The average molecular weight is 410 g/mol. The first-order valence-electron chi connectivity index (χ1n) is 8.19. The maximum atomic E-state index is 10.1. The van der Waals surface area contributed by atoms with Gasteiger partial charge in [0.15, 0.2) is 5.96 Å². The molecule has 0 amide bonds. The lowest BCUT2D eigenvalue weighted by atomic mass is 9.80. The Morgan fingerprint density at radius 3 is 2.43 bits per heavy atom. The zero-order valence-corrected chi connectivity index (χ0v) is 15.6. The normalized spacial score (nSPS) is 22.1. The molecule has 0 unspecified atom stereocenters.